The van der Waals surface area contributed by atoms with E-state index in [1.807, 2.05) is 0 Å². The monoisotopic (exact) mass is 181 g/mol. The van der Waals surface area contributed by atoms with Gasteiger partial charge in [-0.15, -0.1) is 0 Å². The number of nitrogens with zero attached hydrogens (tertiary/aromatic N) is 1. The van der Waals surface area contributed by atoms with Crippen molar-refractivity contribution in [2.75, 3.05) is 0 Å². The molecule has 0 spiro atoms. The van der Waals surface area contributed by atoms with Gasteiger partial charge in [0.1, 0.15) is 0 Å². The highest BCUT2D eigenvalue weighted by molar-refractivity contribution is 5.95. The zero-order valence-electron chi connectivity index (χ0n) is 8.75. The van der Waals surface area contributed by atoms with Crippen molar-refractivity contribution >= 4 is 5.71 Å². The van der Waals surface area contributed by atoms with Crippen LogP contribution in [0.4, 0.5) is 0 Å². The summed E-state index contributed by atoms with van der Waals surface area (Å²) >= 11 is 0. The van der Waals surface area contributed by atoms with Gasteiger partial charge in [-0.2, -0.15) is 0 Å². The molecule has 1 N–H and O–H groups in total. The van der Waals surface area contributed by atoms with Crippen LogP contribution in [-0.4, -0.2) is 10.9 Å². The largest absolute Gasteiger partial charge is 0.411 e. The highest BCUT2D eigenvalue weighted by Crippen LogP contribution is 2.56. The van der Waals surface area contributed by atoms with E-state index >= 15 is 0 Å². The van der Waals surface area contributed by atoms with Crippen LogP contribution >= 0.6 is 0 Å². The Bertz CT molecular complexity index is 246. The van der Waals surface area contributed by atoms with Gasteiger partial charge in [-0.25, -0.2) is 0 Å². The summed E-state index contributed by atoms with van der Waals surface area (Å²) in [4.78, 5) is 0. The van der Waals surface area contributed by atoms with Crippen LogP contribution in [0.15, 0.2) is 5.16 Å². The summed E-state index contributed by atoms with van der Waals surface area (Å²) in [5.74, 6) is 1.94. The fraction of sp³-hybridized carbons (Fsp3) is 0.909. The first-order chi connectivity index (χ1) is 6.10. The molecule has 2 heteroatoms. The minimum atomic E-state index is 0.178. The SMILES string of the molecule is CC(C)[C@@]1(C)/C(=N\O)[C@@H]2CC[C@H]1C2. The number of hydrogen-bond donors (Lipinski definition) is 1. The Morgan fingerprint density at radius 3 is 2.62 bits per heavy atom. The Morgan fingerprint density at radius 1 is 1.46 bits per heavy atom. The second kappa shape index (κ2) is 2.73. The molecule has 0 heterocycles. The fourth-order valence-corrected chi connectivity index (χ4v) is 3.38. The predicted octanol–water partition coefficient (Wildman–Crippen LogP) is 2.91. The number of fused-ring (bicyclic) bond motifs is 2. The maximum Gasteiger partial charge on any atom is 0.0665 e. The molecule has 2 nitrogen and oxygen atoms in total. The van der Waals surface area contributed by atoms with Gasteiger partial charge in [0.05, 0.1) is 5.71 Å². The lowest BCUT2D eigenvalue weighted by Gasteiger charge is -2.38. The first kappa shape index (κ1) is 9.04. The lowest BCUT2D eigenvalue weighted by Crippen LogP contribution is -2.38. The van der Waals surface area contributed by atoms with Gasteiger partial charge in [0, 0.05) is 11.3 Å². The molecule has 2 bridgehead atoms. The minimum Gasteiger partial charge on any atom is -0.411 e. The number of oxime groups is 1. The zero-order valence-corrected chi connectivity index (χ0v) is 8.75. The van der Waals surface area contributed by atoms with Crippen molar-refractivity contribution in [2.24, 2.45) is 28.3 Å². The Morgan fingerprint density at radius 2 is 2.15 bits per heavy atom. The van der Waals surface area contributed by atoms with Gasteiger partial charge in [0.25, 0.3) is 0 Å². The van der Waals surface area contributed by atoms with E-state index < -0.39 is 0 Å². The molecule has 0 radical (unpaired) electrons. The number of hydrogen-bond acceptors (Lipinski definition) is 2. The van der Waals surface area contributed by atoms with Crippen LogP contribution in [0, 0.1) is 23.2 Å². The fourth-order valence-electron chi connectivity index (χ4n) is 3.38. The third kappa shape index (κ3) is 0.976. The minimum absolute atomic E-state index is 0.178. The van der Waals surface area contributed by atoms with Crippen molar-refractivity contribution in [2.45, 2.75) is 40.0 Å². The third-order valence-corrected chi connectivity index (χ3v) is 4.53. The van der Waals surface area contributed by atoms with E-state index in [1.165, 1.54) is 19.3 Å². The molecular formula is C11H19NO. The van der Waals surface area contributed by atoms with Gasteiger partial charge in [-0.1, -0.05) is 25.9 Å². The van der Waals surface area contributed by atoms with Gasteiger partial charge in [0.15, 0.2) is 0 Å². The highest BCUT2D eigenvalue weighted by Gasteiger charge is 2.54. The second-order valence-corrected chi connectivity index (χ2v) is 5.13. The van der Waals surface area contributed by atoms with Crippen molar-refractivity contribution < 1.29 is 5.21 Å². The third-order valence-electron chi connectivity index (χ3n) is 4.53. The first-order valence-corrected chi connectivity index (χ1v) is 5.33. The summed E-state index contributed by atoms with van der Waals surface area (Å²) in [7, 11) is 0. The van der Waals surface area contributed by atoms with Crippen LogP contribution in [0.3, 0.4) is 0 Å². The van der Waals surface area contributed by atoms with Gasteiger partial charge < -0.3 is 5.21 Å². The Balaban J connectivity index is 2.37. The van der Waals surface area contributed by atoms with E-state index in [0.717, 1.165) is 11.6 Å². The lowest BCUT2D eigenvalue weighted by molar-refractivity contribution is 0.206. The molecule has 0 aliphatic heterocycles. The van der Waals surface area contributed by atoms with Crippen LogP contribution in [0.25, 0.3) is 0 Å². The molecule has 2 aliphatic carbocycles. The summed E-state index contributed by atoms with van der Waals surface area (Å²) in [5, 5.41) is 12.6. The quantitative estimate of drug-likeness (QED) is 0.489. The normalized spacial score (nSPS) is 46.6. The standard InChI is InChI=1S/C11H19NO/c1-7(2)11(3)9-5-4-8(6-9)10(11)12-13/h7-9,13H,4-6H2,1-3H3/b12-10-/t8-,9+,11-/m1/s1. The van der Waals surface area contributed by atoms with E-state index in [1.54, 1.807) is 0 Å². The molecule has 3 atom stereocenters. The molecule has 0 aromatic rings. The molecule has 0 aromatic heterocycles. The van der Waals surface area contributed by atoms with Gasteiger partial charge in [-0.05, 0) is 31.1 Å². The summed E-state index contributed by atoms with van der Waals surface area (Å²) in [6.45, 7) is 6.76. The van der Waals surface area contributed by atoms with Crippen molar-refractivity contribution in [3.05, 3.63) is 0 Å². The van der Waals surface area contributed by atoms with E-state index in [-0.39, 0.29) is 5.41 Å². The maximum absolute atomic E-state index is 9.06. The Labute approximate surface area is 80.0 Å². The van der Waals surface area contributed by atoms with Crippen molar-refractivity contribution in [3.63, 3.8) is 0 Å². The average molecular weight is 181 g/mol. The van der Waals surface area contributed by atoms with Crippen molar-refractivity contribution in [1.82, 2.24) is 0 Å². The van der Waals surface area contributed by atoms with Crippen LogP contribution in [0.1, 0.15) is 40.0 Å². The Hall–Kier alpha value is -0.530. The van der Waals surface area contributed by atoms with E-state index in [9.17, 15) is 0 Å². The molecule has 0 amide bonds. The molecular weight excluding hydrogens is 162 g/mol. The van der Waals surface area contributed by atoms with Crippen LogP contribution in [0.5, 0.6) is 0 Å². The van der Waals surface area contributed by atoms with E-state index in [0.29, 0.717) is 11.8 Å². The summed E-state index contributed by atoms with van der Waals surface area (Å²) in [5.41, 5.74) is 1.26. The average Bonchev–Trinajstić information content (AvgIpc) is 2.62. The number of rotatable bonds is 1. The first-order valence-electron chi connectivity index (χ1n) is 5.33. The van der Waals surface area contributed by atoms with Crippen molar-refractivity contribution in [3.8, 4) is 0 Å². The van der Waals surface area contributed by atoms with Crippen molar-refractivity contribution in [1.29, 1.82) is 0 Å². The molecule has 74 valence electrons. The molecule has 2 fully saturated rings. The van der Waals surface area contributed by atoms with Crippen LogP contribution < -0.4 is 0 Å². The molecule has 0 unspecified atom stereocenters. The van der Waals surface area contributed by atoms with Gasteiger partial charge >= 0.3 is 0 Å². The zero-order chi connectivity index (χ0) is 9.64. The lowest BCUT2D eigenvalue weighted by atomic mass is 9.66. The topological polar surface area (TPSA) is 32.6 Å². The van der Waals surface area contributed by atoms with Gasteiger partial charge in [-0.3, -0.25) is 0 Å². The molecule has 2 aliphatic rings. The molecule has 2 rings (SSSR count). The summed E-state index contributed by atoms with van der Waals surface area (Å²) < 4.78 is 0. The highest BCUT2D eigenvalue weighted by atomic mass is 16.4. The molecule has 0 saturated heterocycles. The van der Waals surface area contributed by atoms with Gasteiger partial charge in [0.2, 0.25) is 0 Å². The second-order valence-electron chi connectivity index (χ2n) is 5.13. The van der Waals surface area contributed by atoms with E-state index in [2.05, 4.69) is 25.9 Å². The molecule has 13 heavy (non-hydrogen) atoms. The Kier molecular flexibility index (Phi) is 1.90. The van der Waals surface area contributed by atoms with Crippen LogP contribution in [0.2, 0.25) is 0 Å². The smallest absolute Gasteiger partial charge is 0.0665 e. The van der Waals surface area contributed by atoms with Crippen LogP contribution in [-0.2, 0) is 0 Å². The summed E-state index contributed by atoms with van der Waals surface area (Å²) in [6.07, 6.45) is 3.83. The molecule has 2 saturated carbocycles. The maximum atomic E-state index is 9.06. The molecule has 0 aromatic carbocycles. The predicted molar refractivity (Wildman–Crippen MR) is 53.0 cm³/mol. The summed E-state index contributed by atoms with van der Waals surface area (Å²) in [6, 6.07) is 0. The van der Waals surface area contributed by atoms with E-state index in [4.69, 9.17) is 5.21 Å².